The lowest BCUT2D eigenvalue weighted by molar-refractivity contribution is 0.270. The van der Waals surface area contributed by atoms with Crippen molar-refractivity contribution in [3.05, 3.63) is 40.2 Å². The fraction of sp³-hybridized carbons (Fsp3) is 0.231. The van der Waals surface area contributed by atoms with Gasteiger partial charge in [-0.2, -0.15) is 5.10 Å². The molecule has 20 heavy (non-hydrogen) atoms. The minimum absolute atomic E-state index is 0.0664. The smallest absolute Gasteiger partial charge is 0.125 e. The van der Waals surface area contributed by atoms with Crippen molar-refractivity contribution >= 4 is 28.5 Å². The number of thiophene rings is 1. The van der Waals surface area contributed by atoms with Crippen LogP contribution >= 0.6 is 22.7 Å². The van der Waals surface area contributed by atoms with Gasteiger partial charge in [-0.15, -0.1) is 22.7 Å². The van der Waals surface area contributed by atoms with Crippen LogP contribution in [-0.4, -0.2) is 26.5 Å². The van der Waals surface area contributed by atoms with E-state index >= 15 is 0 Å². The number of anilines is 1. The van der Waals surface area contributed by atoms with Crippen LogP contribution in [0.1, 0.15) is 5.69 Å². The van der Waals surface area contributed by atoms with E-state index in [1.807, 2.05) is 34.5 Å². The lowest BCUT2D eigenvalue weighted by Crippen LogP contribution is -2.10. The molecule has 0 saturated carbocycles. The number of aliphatic hydroxyl groups is 1. The van der Waals surface area contributed by atoms with Crippen LogP contribution < -0.4 is 5.32 Å². The summed E-state index contributed by atoms with van der Waals surface area (Å²) in [7, 11) is 0. The molecular formula is C13H14N4OS2. The molecule has 0 atom stereocenters. The van der Waals surface area contributed by atoms with Crippen molar-refractivity contribution in [1.82, 2.24) is 14.8 Å². The molecule has 0 saturated heterocycles. The number of rotatable bonds is 6. The molecule has 0 radical (unpaired) electrons. The molecule has 0 aliphatic rings. The van der Waals surface area contributed by atoms with E-state index in [4.69, 9.17) is 5.11 Å². The lowest BCUT2D eigenvalue weighted by atomic mass is 10.3. The van der Waals surface area contributed by atoms with Crippen LogP contribution in [0.15, 0.2) is 34.5 Å². The number of nitrogens with zero attached hydrogens (tertiary/aromatic N) is 3. The number of aliphatic hydroxyl groups excluding tert-OH is 1. The molecule has 0 aliphatic heterocycles. The van der Waals surface area contributed by atoms with Gasteiger partial charge in [0, 0.05) is 11.4 Å². The van der Waals surface area contributed by atoms with E-state index in [0.29, 0.717) is 13.1 Å². The Kier molecular flexibility index (Phi) is 4.10. The van der Waals surface area contributed by atoms with Crippen molar-refractivity contribution < 1.29 is 5.11 Å². The Labute approximate surface area is 124 Å². The summed E-state index contributed by atoms with van der Waals surface area (Å²) in [6.07, 6.45) is 0. The van der Waals surface area contributed by atoms with Crippen LogP contribution in [0.4, 0.5) is 5.82 Å². The third-order valence-electron chi connectivity index (χ3n) is 2.80. The molecule has 0 aromatic carbocycles. The highest BCUT2D eigenvalue weighted by Gasteiger charge is 2.10. The normalized spacial score (nSPS) is 10.8. The van der Waals surface area contributed by atoms with E-state index in [0.717, 1.165) is 22.1 Å². The number of hydrogen-bond acceptors (Lipinski definition) is 6. The predicted octanol–water partition coefficient (Wildman–Crippen LogP) is 2.67. The average molecular weight is 306 g/mol. The zero-order chi connectivity index (χ0) is 13.8. The van der Waals surface area contributed by atoms with Crippen LogP contribution in [0.5, 0.6) is 0 Å². The molecule has 0 bridgehead atoms. The van der Waals surface area contributed by atoms with Gasteiger partial charge in [0.15, 0.2) is 0 Å². The molecule has 3 aromatic heterocycles. The predicted molar refractivity (Wildman–Crippen MR) is 82.1 cm³/mol. The first-order valence-electron chi connectivity index (χ1n) is 6.20. The SMILES string of the molecule is OCCn1nc(-c2cccs2)cc1NCc1cscn1. The van der Waals surface area contributed by atoms with Gasteiger partial charge in [0.05, 0.1) is 35.8 Å². The molecule has 3 aromatic rings. The molecule has 0 aliphatic carbocycles. The van der Waals surface area contributed by atoms with Crippen molar-refractivity contribution in [1.29, 1.82) is 0 Å². The third kappa shape index (κ3) is 2.90. The molecule has 3 heterocycles. The van der Waals surface area contributed by atoms with Gasteiger partial charge in [-0.1, -0.05) is 6.07 Å². The van der Waals surface area contributed by atoms with Crippen molar-refractivity contribution in [3.8, 4) is 10.6 Å². The Hall–Kier alpha value is -1.70. The van der Waals surface area contributed by atoms with Crippen LogP contribution in [0, 0.1) is 0 Å². The van der Waals surface area contributed by atoms with Crippen LogP contribution in [0.3, 0.4) is 0 Å². The van der Waals surface area contributed by atoms with E-state index in [9.17, 15) is 0 Å². The van der Waals surface area contributed by atoms with Gasteiger partial charge in [-0.05, 0) is 11.4 Å². The Morgan fingerprint density at radius 3 is 3.05 bits per heavy atom. The maximum atomic E-state index is 9.14. The molecule has 5 nitrogen and oxygen atoms in total. The first-order chi connectivity index (χ1) is 9.86. The highest BCUT2D eigenvalue weighted by atomic mass is 32.1. The molecule has 0 unspecified atom stereocenters. The van der Waals surface area contributed by atoms with Gasteiger partial charge in [-0.25, -0.2) is 9.67 Å². The van der Waals surface area contributed by atoms with E-state index < -0.39 is 0 Å². The van der Waals surface area contributed by atoms with Crippen molar-refractivity contribution in [2.75, 3.05) is 11.9 Å². The van der Waals surface area contributed by atoms with E-state index in [-0.39, 0.29) is 6.61 Å². The number of nitrogens with one attached hydrogen (secondary N) is 1. The van der Waals surface area contributed by atoms with E-state index in [2.05, 4.69) is 15.4 Å². The second-order valence-electron chi connectivity index (χ2n) is 4.17. The monoisotopic (exact) mass is 306 g/mol. The van der Waals surface area contributed by atoms with Crippen LogP contribution in [0.25, 0.3) is 10.6 Å². The molecule has 0 spiro atoms. The zero-order valence-electron chi connectivity index (χ0n) is 10.7. The molecule has 7 heteroatoms. The fourth-order valence-electron chi connectivity index (χ4n) is 1.87. The Balaban J connectivity index is 1.80. The fourth-order valence-corrected chi connectivity index (χ4v) is 3.11. The molecular weight excluding hydrogens is 292 g/mol. The molecule has 104 valence electrons. The Bertz CT molecular complexity index is 646. The van der Waals surface area contributed by atoms with Crippen molar-refractivity contribution in [2.45, 2.75) is 13.1 Å². The molecule has 2 N–H and O–H groups in total. The topological polar surface area (TPSA) is 63.0 Å². The van der Waals surface area contributed by atoms with E-state index in [1.54, 1.807) is 27.4 Å². The summed E-state index contributed by atoms with van der Waals surface area (Å²) in [5.74, 6) is 0.899. The second kappa shape index (κ2) is 6.17. The highest BCUT2D eigenvalue weighted by Crippen LogP contribution is 2.26. The summed E-state index contributed by atoms with van der Waals surface area (Å²) >= 11 is 3.24. The minimum Gasteiger partial charge on any atom is -0.394 e. The van der Waals surface area contributed by atoms with Crippen LogP contribution in [-0.2, 0) is 13.1 Å². The third-order valence-corrected chi connectivity index (χ3v) is 4.33. The first-order valence-corrected chi connectivity index (χ1v) is 8.02. The van der Waals surface area contributed by atoms with Crippen LogP contribution in [0.2, 0.25) is 0 Å². The first kappa shape index (κ1) is 13.3. The summed E-state index contributed by atoms with van der Waals surface area (Å²) in [6.45, 7) is 1.20. The number of aromatic nitrogens is 3. The average Bonchev–Trinajstić information content (AvgIpc) is 3.19. The van der Waals surface area contributed by atoms with Gasteiger partial charge >= 0.3 is 0 Å². The molecule has 0 fully saturated rings. The summed E-state index contributed by atoms with van der Waals surface area (Å²) in [5, 5.41) is 21.0. The van der Waals surface area contributed by atoms with Gasteiger partial charge in [0.1, 0.15) is 11.5 Å². The largest absolute Gasteiger partial charge is 0.394 e. The summed E-state index contributed by atoms with van der Waals surface area (Å²) in [6, 6.07) is 6.06. The van der Waals surface area contributed by atoms with Crippen molar-refractivity contribution in [3.63, 3.8) is 0 Å². The summed E-state index contributed by atoms with van der Waals surface area (Å²) in [5.41, 5.74) is 3.75. The van der Waals surface area contributed by atoms with Gasteiger partial charge in [-0.3, -0.25) is 0 Å². The van der Waals surface area contributed by atoms with Gasteiger partial charge < -0.3 is 10.4 Å². The van der Waals surface area contributed by atoms with Gasteiger partial charge in [0.2, 0.25) is 0 Å². The zero-order valence-corrected chi connectivity index (χ0v) is 12.3. The summed E-state index contributed by atoms with van der Waals surface area (Å²) in [4.78, 5) is 5.37. The molecule has 3 rings (SSSR count). The second-order valence-corrected chi connectivity index (χ2v) is 5.84. The van der Waals surface area contributed by atoms with Crippen molar-refractivity contribution in [2.24, 2.45) is 0 Å². The number of hydrogen-bond donors (Lipinski definition) is 2. The highest BCUT2D eigenvalue weighted by molar-refractivity contribution is 7.13. The van der Waals surface area contributed by atoms with E-state index in [1.165, 1.54) is 0 Å². The lowest BCUT2D eigenvalue weighted by Gasteiger charge is -2.06. The standard InChI is InChI=1S/C13H14N4OS2/c18-4-3-17-13(14-7-10-8-19-9-15-10)6-11(16-17)12-2-1-5-20-12/h1-2,5-6,8-9,14,18H,3-4,7H2. The van der Waals surface area contributed by atoms with Gasteiger partial charge in [0.25, 0.3) is 0 Å². The Morgan fingerprint density at radius 1 is 1.40 bits per heavy atom. The Morgan fingerprint density at radius 2 is 2.35 bits per heavy atom. The summed E-state index contributed by atoms with van der Waals surface area (Å²) < 4.78 is 1.79. The maximum absolute atomic E-state index is 9.14. The minimum atomic E-state index is 0.0664. The number of thiazole rings is 1. The maximum Gasteiger partial charge on any atom is 0.125 e. The quantitative estimate of drug-likeness (QED) is 0.735. The molecule has 0 amide bonds.